The first-order chi connectivity index (χ1) is 9.04. The highest BCUT2D eigenvalue weighted by atomic mass is 35.5. The van der Waals surface area contributed by atoms with E-state index in [4.69, 9.17) is 16.7 Å². The molecule has 0 radical (unpaired) electrons. The molecule has 0 aromatic heterocycles. The molecule has 1 atom stereocenters. The summed E-state index contributed by atoms with van der Waals surface area (Å²) in [4.78, 5) is 22.6. The lowest BCUT2D eigenvalue weighted by molar-refractivity contribution is -0.137. The summed E-state index contributed by atoms with van der Waals surface area (Å²) < 4.78 is 0. The van der Waals surface area contributed by atoms with Crippen molar-refractivity contribution in [1.82, 2.24) is 5.32 Å². The topological polar surface area (TPSA) is 66.4 Å². The highest BCUT2D eigenvalue weighted by Gasteiger charge is 2.33. The average Bonchev–Trinajstić information content (AvgIpc) is 3.14. The van der Waals surface area contributed by atoms with Crippen molar-refractivity contribution in [1.29, 1.82) is 0 Å². The van der Waals surface area contributed by atoms with E-state index in [0.717, 1.165) is 18.4 Å². The first kappa shape index (κ1) is 13.9. The zero-order chi connectivity index (χ0) is 13.8. The second kappa shape index (κ2) is 6.06. The van der Waals surface area contributed by atoms with Crippen LogP contribution in [0.15, 0.2) is 24.3 Å². The van der Waals surface area contributed by atoms with Gasteiger partial charge in [0, 0.05) is 11.1 Å². The molecule has 0 bridgehead atoms. The summed E-state index contributed by atoms with van der Waals surface area (Å²) in [5.74, 6) is -0.686. The van der Waals surface area contributed by atoms with Gasteiger partial charge in [0.25, 0.3) is 0 Å². The first-order valence-electron chi connectivity index (χ1n) is 6.30. The van der Waals surface area contributed by atoms with E-state index >= 15 is 0 Å². The quantitative estimate of drug-likeness (QED) is 0.840. The summed E-state index contributed by atoms with van der Waals surface area (Å²) >= 11 is 5.77. The van der Waals surface area contributed by atoms with Crippen molar-refractivity contribution in [3.05, 3.63) is 34.9 Å². The summed E-state index contributed by atoms with van der Waals surface area (Å²) in [7, 11) is 0. The van der Waals surface area contributed by atoms with Crippen molar-refractivity contribution >= 4 is 23.5 Å². The standard InChI is InChI=1S/C14H16ClNO3/c15-11-5-1-9(2-6-11)7-13(17)16-12(8-14(18)19)10-3-4-10/h1-2,5-6,10,12H,3-4,7-8H2,(H,16,17)(H,18,19). The zero-order valence-electron chi connectivity index (χ0n) is 10.4. The lowest BCUT2D eigenvalue weighted by atomic mass is 10.1. The van der Waals surface area contributed by atoms with Gasteiger partial charge < -0.3 is 10.4 Å². The minimum Gasteiger partial charge on any atom is -0.481 e. The lowest BCUT2D eigenvalue weighted by Crippen LogP contribution is -2.38. The number of rotatable bonds is 6. The summed E-state index contributed by atoms with van der Waals surface area (Å²) in [6.45, 7) is 0. The number of nitrogens with one attached hydrogen (secondary N) is 1. The average molecular weight is 282 g/mol. The monoisotopic (exact) mass is 281 g/mol. The predicted molar refractivity (Wildman–Crippen MR) is 72.1 cm³/mol. The molecule has 1 aliphatic carbocycles. The second-order valence-electron chi connectivity index (χ2n) is 4.91. The summed E-state index contributed by atoms with van der Waals surface area (Å²) in [6, 6.07) is 6.83. The van der Waals surface area contributed by atoms with E-state index in [1.54, 1.807) is 24.3 Å². The Kier molecular flexibility index (Phi) is 4.43. The number of hydrogen-bond acceptors (Lipinski definition) is 2. The van der Waals surface area contributed by atoms with Crippen molar-refractivity contribution in [3.63, 3.8) is 0 Å². The van der Waals surface area contributed by atoms with E-state index in [0.29, 0.717) is 10.9 Å². The van der Waals surface area contributed by atoms with Gasteiger partial charge in [0.15, 0.2) is 0 Å². The van der Waals surface area contributed by atoms with Gasteiger partial charge in [0.05, 0.1) is 12.8 Å². The fraction of sp³-hybridized carbons (Fsp3) is 0.429. The molecular weight excluding hydrogens is 266 g/mol. The van der Waals surface area contributed by atoms with Crippen molar-refractivity contribution in [2.45, 2.75) is 31.7 Å². The fourth-order valence-electron chi connectivity index (χ4n) is 2.07. The van der Waals surface area contributed by atoms with Gasteiger partial charge in [-0.05, 0) is 36.5 Å². The third kappa shape index (κ3) is 4.56. The molecule has 4 nitrogen and oxygen atoms in total. The van der Waals surface area contributed by atoms with Crippen LogP contribution in [-0.4, -0.2) is 23.0 Å². The normalized spacial score (nSPS) is 15.8. The van der Waals surface area contributed by atoms with Crippen LogP contribution in [0.2, 0.25) is 5.02 Å². The molecule has 5 heteroatoms. The zero-order valence-corrected chi connectivity index (χ0v) is 11.2. The lowest BCUT2D eigenvalue weighted by Gasteiger charge is -2.16. The molecule has 0 aliphatic heterocycles. The molecule has 0 spiro atoms. The van der Waals surface area contributed by atoms with Crippen LogP contribution in [-0.2, 0) is 16.0 Å². The van der Waals surface area contributed by atoms with Crippen LogP contribution in [0.3, 0.4) is 0 Å². The molecule has 102 valence electrons. The number of amides is 1. The molecular formula is C14H16ClNO3. The molecule has 2 rings (SSSR count). The SMILES string of the molecule is O=C(O)CC(NC(=O)Cc1ccc(Cl)cc1)C1CC1. The van der Waals surface area contributed by atoms with Crippen molar-refractivity contribution in [3.8, 4) is 0 Å². The Morgan fingerprint density at radius 3 is 2.47 bits per heavy atom. The third-order valence-corrected chi connectivity index (χ3v) is 3.46. The molecule has 1 unspecified atom stereocenters. The van der Waals surface area contributed by atoms with Crippen LogP contribution >= 0.6 is 11.6 Å². The van der Waals surface area contributed by atoms with Gasteiger partial charge in [-0.25, -0.2) is 0 Å². The van der Waals surface area contributed by atoms with Crippen molar-refractivity contribution in [2.24, 2.45) is 5.92 Å². The van der Waals surface area contributed by atoms with Crippen LogP contribution in [0.1, 0.15) is 24.8 Å². The Balaban J connectivity index is 1.88. The maximum Gasteiger partial charge on any atom is 0.305 e. The van der Waals surface area contributed by atoms with Crippen LogP contribution in [0, 0.1) is 5.92 Å². The number of carboxylic acids is 1. The van der Waals surface area contributed by atoms with Crippen LogP contribution in [0.4, 0.5) is 0 Å². The van der Waals surface area contributed by atoms with Crippen LogP contribution < -0.4 is 5.32 Å². The number of aliphatic carboxylic acids is 1. The number of hydrogen-bond donors (Lipinski definition) is 2. The first-order valence-corrected chi connectivity index (χ1v) is 6.68. The highest BCUT2D eigenvalue weighted by Crippen LogP contribution is 2.34. The van der Waals surface area contributed by atoms with Gasteiger partial charge >= 0.3 is 5.97 Å². The Morgan fingerprint density at radius 1 is 1.32 bits per heavy atom. The maximum absolute atomic E-state index is 11.9. The van der Waals surface area contributed by atoms with E-state index < -0.39 is 5.97 Å². The van der Waals surface area contributed by atoms with Gasteiger partial charge in [-0.3, -0.25) is 9.59 Å². The number of halogens is 1. The summed E-state index contributed by atoms with van der Waals surface area (Å²) in [5.41, 5.74) is 0.867. The number of carbonyl (C=O) groups is 2. The van der Waals surface area contributed by atoms with Crippen LogP contribution in [0.5, 0.6) is 0 Å². The highest BCUT2D eigenvalue weighted by molar-refractivity contribution is 6.30. The fourth-order valence-corrected chi connectivity index (χ4v) is 2.19. The minimum atomic E-state index is -0.872. The number of carbonyl (C=O) groups excluding carboxylic acids is 1. The van der Waals surface area contributed by atoms with Crippen molar-refractivity contribution in [2.75, 3.05) is 0 Å². The van der Waals surface area contributed by atoms with Crippen molar-refractivity contribution < 1.29 is 14.7 Å². The van der Waals surface area contributed by atoms with E-state index in [-0.39, 0.29) is 24.8 Å². The van der Waals surface area contributed by atoms with Gasteiger partial charge in [-0.1, -0.05) is 23.7 Å². The second-order valence-corrected chi connectivity index (χ2v) is 5.35. The van der Waals surface area contributed by atoms with E-state index in [1.165, 1.54) is 0 Å². The summed E-state index contributed by atoms with van der Waals surface area (Å²) in [6.07, 6.45) is 2.25. The van der Waals surface area contributed by atoms with Gasteiger partial charge in [0.2, 0.25) is 5.91 Å². The molecule has 0 heterocycles. The largest absolute Gasteiger partial charge is 0.481 e. The summed E-state index contributed by atoms with van der Waals surface area (Å²) in [5, 5.41) is 12.3. The Hall–Kier alpha value is -1.55. The Bertz CT molecular complexity index is 468. The van der Waals surface area contributed by atoms with E-state index in [9.17, 15) is 9.59 Å². The minimum absolute atomic E-state index is 0.00295. The molecule has 1 fully saturated rings. The maximum atomic E-state index is 11.9. The van der Waals surface area contributed by atoms with E-state index in [1.807, 2.05) is 0 Å². The molecule has 1 aromatic carbocycles. The van der Waals surface area contributed by atoms with Gasteiger partial charge in [0.1, 0.15) is 0 Å². The Morgan fingerprint density at radius 2 is 1.95 bits per heavy atom. The molecule has 1 amide bonds. The smallest absolute Gasteiger partial charge is 0.305 e. The van der Waals surface area contributed by atoms with Gasteiger partial charge in [-0.2, -0.15) is 0 Å². The third-order valence-electron chi connectivity index (χ3n) is 3.21. The number of benzene rings is 1. The molecule has 1 aliphatic rings. The molecule has 2 N–H and O–H groups in total. The molecule has 1 saturated carbocycles. The molecule has 0 saturated heterocycles. The molecule has 1 aromatic rings. The van der Waals surface area contributed by atoms with Crippen LogP contribution in [0.25, 0.3) is 0 Å². The predicted octanol–water partition coefficient (Wildman–Crippen LogP) is 2.25. The Labute approximate surface area is 116 Å². The van der Waals surface area contributed by atoms with E-state index in [2.05, 4.69) is 5.32 Å². The number of carboxylic acid groups (broad SMARTS) is 1. The van der Waals surface area contributed by atoms with Gasteiger partial charge in [-0.15, -0.1) is 0 Å². The molecule has 19 heavy (non-hydrogen) atoms.